The highest BCUT2D eigenvalue weighted by molar-refractivity contribution is 5.81. The maximum atomic E-state index is 12.8. The average molecular weight is 177 g/mol. The maximum absolute atomic E-state index is 12.8. The van der Waals surface area contributed by atoms with Crippen LogP contribution in [0.15, 0.2) is 30.5 Å². The molecule has 0 aliphatic carbocycles. The van der Waals surface area contributed by atoms with E-state index in [0.29, 0.717) is 5.52 Å². The summed E-state index contributed by atoms with van der Waals surface area (Å²) in [6, 6.07) is 6.07. The first kappa shape index (κ1) is 8.13. The Morgan fingerprint density at radius 2 is 2.15 bits per heavy atom. The van der Waals surface area contributed by atoms with Crippen molar-refractivity contribution in [2.24, 2.45) is 0 Å². The first-order chi connectivity index (χ1) is 6.31. The van der Waals surface area contributed by atoms with Crippen LogP contribution in [0.2, 0.25) is 0 Å². The Morgan fingerprint density at radius 3 is 2.92 bits per heavy atom. The van der Waals surface area contributed by atoms with Crippen LogP contribution in [0, 0.1) is 5.82 Å². The fourth-order valence-corrected chi connectivity index (χ4v) is 1.32. The molecule has 0 saturated heterocycles. The number of halogens is 1. The lowest BCUT2D eigenvalue weighted by Crippen LogP contribution is -1.88. The molecule has 1 aromatic heterocycles. The zero-order valence-corrected chi connectivity index (χ0v) is 6.87. The van der Waals surface area contributed by atoms with Crippen LogP contribution in [-0.4, -0.2) is 10.1 Å². The molecule has 13 heavy (non-hydrogen) atoms. The van der Waals surface area contributed by atoms with E-state index in [4.69, 9.17) is 5.11 Å². The number of pyridine rings is 1. The van der Waals surface area contributed by atoms with Gasteiger partial charge < -0.3 is 5.11 Å². The molecule has 2 nitrogen and oxygen atoms in total. The van der Waals surface area contributed by atoms with Gasteiger partial charge in [-0.2, -0.15) is 0 Å². The van der Waals surface area contributed by atoms with E-state index >= 15 is 0 Å². The van der Waals surface area contributed by atoms with Gasteiger partial charge in [0.05, 0.1) is 12.1 Å². The van der Waals surface area contributed by atoms with E-state index < -0.39 is 0 Å². The average Bonchev–Trinajstić information content (AvgIpc) is 2.16. The number of hydrogen-bond acceptors (Lipinski definition) is 2. The lowest BCUT2D eigenvalue weighted by Gasteiger charge is -2.01. The van der Waals surface area contributed by atoms with Gasteiger partial charge in [-0.3, -0.25) is 4.98 Å². The van der Waals surface area contributed by atoms with Gasteiger partial charge in [0.2, 0.25) is 0 Å². The summed E-state index contributed by atoms with van der Waals surface area (Å²) in [4.78, 5) is 4.00. The Hall–Kier alpha value is -1.48. The van der Waals surface area contributed by atoms with Crippen LogP contribution < -0.4 is 0 Å². The number of aliphatic hydroxyl groups is 1. The molecule has 0 unspecified atom stereocenters. The fraction of sp³-hybridized carbons (Fsp3) is 0.100. The number of nitrogens with zero attached hydrogens (tertiary/aromatic N) is 1. The van der Waals surface area contributed by atoms with Crippen molar-refractivity contribution >= 4 is 10.9 Å². The van der Waals surface area contributed by atoms with E-state index in [1.165, 1.54) is 12.1 Å². The zero-order valence-electron chi connectivity index (χ0n) is 6.87. The molecule has 2 rings (SSSR count). The van der Waals surface area contributed by atoms with Crippen molar-refractivity contribution < 1.29 is 9.50 Å². The minimum Gasteiger partial charge on any atom is -0.392 e. The summed E-state index contributed by atoms with van der Waals surface area (Å²) in [5, 5.41) is 9.78. The summed E-state index contributed by atoms with van der Waals surface area (Å²) in [5.41, 5.74) is 1.34. The molecule has 66 valence electrons. The van der Waals surface area contributed by atoms with Gasteiger partial charge >= 0.3 is 0 Å². The molecule has 0 saturated carbocycles. The second kappa shape index (κ2) is 3.11. The summed E-state index contributed by atoms with van der Waals surface area (Å²) in [5.74, 6) is -0.310. The minimum absolute atomic E-state index is 0.0509. The summed E-state index contributed by atoms with van der Waals surface area (Å²) in [6.07, 6.45) is 1.56. The zero-order chi connectivity index (χ0) is 9.26. The van der Waals surface area contributed by atoms with E-state index in [9.17, 15) is 4.39 Å². The largest absolute Gasteiger partial charge is 0.392 e. The van der Waals surface area contributed by atoms with Crippen molar-refractivity contribution in [2.45, 2.75) is 6.61 Å². The summed E-state index contributed by atoms with van der Waals surface area (Å²) >= 11 is 0. The third kappa shape index (κ3) is 1.38. The summed E-state index contributed by atoms with van der Waals surface area (Å²) in [7, 11) is 0. The Balaban J connectivity index is 2.77. The van der Waals surface area contributed by atoms with Crippen LogP contribution in [-0.2, 0) is 6.61 Å². The molecule has 0 aliphatic heterocycles. The highest BCUT2D eigenvalue weighted by Crippen LogP contribution is 2.17. The predicted molar refractivity (Wildman–Crippen MR) is 47.6 cm³/mol. The third-order valence-corrected chi connectivity index (χ3v) is 1.97. The van der Waals surface area contributed by atoms with Crippen LogP contribution in [0.4, 0.5) is 4.39 Å². The van der Waals surface area contributed by atoms with Crippen molar-refractivity contribution in [3.63, 3.8) is 0 Å². The minimum atomic E-state index is -0.310. The smallest absolute Gasteiger partial charge is 0.125 e. The molecule has 0 aliphatic rings. The van der Waals surface area contributed by atoms with E-state index in [0.717, 1.165) is 10.9 Å². The van der Waals surface area contributed by atoms with Crippen LogP contribution in [0.25, 0.3) is 10.9 Å². The molecular weight excluding hydrogens is 169 g/mol. The van der Waals surface area contributed by atoms with E-state index in [1.54, 1.807) is 18.3 Å². The van der Waals surface area contributed by atoms with E-state index in [1.807, 2.05) is 0 Å². The SMILES string of the molecule is OCc1ccnc2cc(F)ccc12. The Kier molecular flexibility index (Phi) is 1.94. The molecule has 1 heterocycles. The molecule has 0 bridgehead atoms. The van der Waals surface area contributed by atoms with Gasteiger partial charge in [-0.1, -0.05) is 0 Å². The number of benzene rings is 1. The van der Waals surface area contributed by atoms with Crippen molar-refractivity contribution in [2.75, 3.05) is 0 Å². The summed E-state index contributed by atoms with van der Waals surface area (Å²) in [6.45, 7) is -0.0509. The second-order valence-corrected chi connectivity index (χ2v) is 2.79. The van der Waals surface area contributed by atoms with Crippen molar-refractivity contribution in [3.05, 3.63) is 41.8 Å². The van der Waals surface area contributed by atoms with Gasteiger partial charge in [-0.25, -0.2) is 4.39 Å². The fourth-order valence-electron chi connectivity index (χ4n) is 1.32. The quantitative estimate of drug-likeness (QED) is 0.721. The monoisotopic (exact) mass is 177 g/mol. The first-order valence-corrected chi connectivity index (χ1v) is 3.95. The highest BCUT2D eigenvalue weighted by atomic mass is 19.1. The highest BCUT2D eigenvalue weighted by Gasteiger charge is 2.01. The van der Waals surface area contributed by atoms with Crippen LogP contribution in [0.1, 0.15) is 5.56 Å². The Labute approximate surface area is 74.7 Å². The van der Waals surface area contributed by atoms with Gasteiger partial charge in [0.25, 0.3) is 0 Å². The number of hydrogen-bond donors (Lipinski definition) is 1. The van der Waals surface area contributed by atoms with Crippen molar-refractivity contribution in [1.29, 1.82) is 0 Å². The topological polar surface area (TPSA) is 33.1 Å². The van der Waals surface area contributed by atoms with E-state index in [2.05, 4.69) is 4.98 Å². The number of aliphatic hydroxyl groups excluding tert-OH is 1. The third-order valence-electron chi connectivity index (χ3n) is 1.97. The first-order valence-electron chi connectivity index (χ1n) is 3.95. The van der Waals surface area contributed by atoms with Crippen LogP contribution in [0.3, 0.4) is 0 Å². The lowest BCUT2D eigenvalue weighted by atomic mass is 10.1. The molecule has 0 amide bonds. The van der Waals surface area contributed by atoms with Crippen LogP contribution >= 0.6 is 0 Å². The Bertz CT molecular complexity index is 442. The van der Waals surface area contributed by atoms with Gasteiger partial charge in [0.1, 0.15) is 5.82 Å². The molecule has 0 fully saturated rings. The van der Waals surface area contributed by atoms with Gasteiger partial charge in [0, 0.05) is 17.6 Å². The second-order valence-electron chi connectivity index (χ2n) is 2.79. The van der Waals surface area contributed by atoms with E-state index in [-0.39, 0.29) is 12.4 Å². The van der Waals surface area contributed by atoms with Gasteiger partial charge in [-0.05, 0) is 23.8 Å². The molecular formula is C10H8FNO. The number of fused-ring (bicyclic) bond motifs is 1. The molecule has 2 aromatic rings. The maximum Gasteiger partial charge on any atom is 0.125 e. The molecule has 1 aromatic carbocycles. The molecule has 1 N–H and O–H groups in total. The Morgan fingerprint density at radius 1 is 1.31 bits per heavy atom. The molecule has 0 spiro atoms. The normalized spacial score (nSPS) is 10.6. The summed E-state index contributed by atoms with van der Waals surface area (Å²) < 4.78 is 12.8. The molecule has 0 atom stereocenters. The standard InChI is InChI=1S/C10H8FNO/c11-8-1-2-9-7(6-13)3-4-12-10(9)5-8/h1-5,13H,6H2. The number of aromatic nitrogens is 1. The van der Waals surface area contributed by atoms with Crippen molar-refractivity contribution in [3.8, 4) is 0 Å². The van der Waals surface area contributed by atoms with Crippen LogP contribution in [0.5, 0.6) is 0 Å². The number of rotatable bonds is 1. The molecule has 3 heteroatoms. The van der Waals surface area contributed by atoms with Gasteiger partial charge in [0.15, 0.2) is 0 Å². The van der Waals surface area contributed by atoms with Crippen molar-refractivity contribution in [1.82, 2.24) is 4.98 Å². The van der Waals surface area contributed by atoms with Gasteiger partial charge in [-0.15, -0.1) is 0 Å². The molecule has 0 radical (unpaired) electrons. The predicted octanol–water partition coefficient (Wildman–Crippen LogP) is 1.87. The lowest BCUT2D eigenvalue weighted by molar-refractivity contribution is 0.283.